The zero-order valence-corrected chi connectivity index (χ0v) is 10.9. The highest BCUT2D eigenvalue weighted by Crippen LogP contribution is 2.04. The van der Waals surface area contributed by atoms with E-state index in [1.165, 1.54) is 0 Å². The van der Waals surface area contributed by atoms with E-state index in [0.717, 1.165) is 17.8 Å². The standard InChI is InChI=1S/C12H23N3O/c1-8(13-10(3)11(4)16-5)6-12-7-9(2)14-15-12/h7-8,10-11,13H,6H2,1-5H3,(H,14,15). The first-order valence-electron chi connectivity index (χ1n) is 5.82. The Kier molecular flexibility index (Phi) is 4.96. The van der Waals surface area contributed by atoms with Crippen LogP contribution in [0.25, 0.3) is 0 Å². The number of aromatic amines is 1. The van der Waals surface area contributed by atoms with Gasteiger partial charge in [0.2, 0.25) is 0 Å². The van der Waals surface area contributed by atoms with Crippen molar-refractivity contribution in [3.63, 3.8) is 0 Å². The van der Waals surface area contributed by atoms with Crippen LogP contribution in [0.2, 0.25) is 0 Å². The van der Waals surface area contributed by atoms with Crippen LogP contribution in [0.5, 0.6) is 0 Å². The maximum atomic E-state index is 5.28. The molecule has 16 heavy (non-hydrogen) atoms. The second-order valence-electron chi connectivity index (χ2n) is 4.54. The normalized spacial score (nSPS) is 17.1. The average molecular weight is 225 g/mol. The van der Waals surface area contributed by atoms with E-state index in [1.807, 2.05) is 6.92 Å². The third-order valence-electron chi connectivity index (χ3n) is 2.90. The molecule has 1 aromatic heterocycles. The third kappa shape index (κ3) is 3.94. The number of nitrogens with one attached hydrogen (secondary N) is 2. The lowest BCUT2D eigenvalue weighted by atomic mass is 10.1. The predicted octanol–water partition coefficient (Wildman–Crippen LogP) is 1.66. The van der Waals surface area contributed by atoms with Crippen LogP contribution in [0.15, 0.2) is 6.07 Å². The van der Waals surface area contributed by atoms with Crippen LogP contribution >= 0.6 is 0 Å². The topological polar surface area (TPSA) is 49.9 Å². The highest BCUT2D eigenvalue weighted by atomic mass is 16.5. The highest BCUT2D eigenvalue weighted by Gasteiger charge is 2.14. The molecule has 0 saturated heterocycles. The van der Waals surface area contributed by atoms with Crippen LogP contribution in [0.4, 0.5) is 0 Å². The molecule has 92 valence electrons. The first kappa shape index (κ1) is 13.2. The minimum atomic E-state index is 0.225. The van der Waals surface area contributed by atoms with Crippen LogP contribution in [0.1, 0.15) is 32.2 Å². The molecule has 2 N–H and O–H groups in total. The average Bonchev–Trinajstić information content (AvgIpc) is 2.62. The van der Waals surface area contributed by atoms with E-state index in [0.29, 0.717) is 12.1 Å². The smallest absolute Gasteiger partial charge is 0.0693 e. The van der Waals surface area contributed by atoms with Gasteiger partial charge in [-0.05, 0) is 33.8 Å². The molecule has 0 aliphatic heterocycles. The Morgan fingerprint density at radius 2 is 2.12 bits per heavy atom. The van der Waals surface area contributed by atoms with Gasteiger partial charge in [-0.3, -0.25) is 5.10 Å². The van der Waals surface area contributed by atoms with E-state index < -0.39 is 0 Å². The summed E-state index contributed by atoms with van der Waals surface area (Å²) in [6, 6.07) is 2.83. The van der Waals surface area contributed by atoms with Crippen molar-refractivity contribution in [2.75, 3.05) is 7.11 Å². The van der Waals surface area contributed by atoms with Gasteiger partial charge in [0.1, 0.15) is 0 Å². The number of aryl methyl sites for hydroxylation is 1. The van der Waals surface area contributed by atoms with Crippen molar-refractivity contribution in [2.45, 2.75) is 52.3 Å². The van der Waals surface area contributed by atoms with E-state index >= 15 is 0 Å². The molecule has 3 atom stereocenters. The van der Waals surface area contributed by atoms with E-state index in [4.69, 9.17) is 4.74 Å². The van der Waals surface area contributed by atoms with Gasteiger partial charge < -0.3 is 10.1 Å². The van der Waals surface area contributed by atoms with Crippen molar-refractivity contribution in [3.05, 3.63) is 17.5 Å². The van der Waals surface area contributed by atoms with Gasteiger partial charge in [0.15, 0.2) is 0 Å². The maximum absolute atomic E-state index is 5.28. The molecule has 0 bridgehead atoms. The summed E-state index contributed by atoms with van der Waals surface area (Å²) in [6.07, 6.45) is 1.16. The Bertz CT molecular complexity index is 311. The number of methoxy groups -OCH3 is 1. The fourth-order valence-corrected chi connectivity index (χ4v) is 1.74. The second kappa shape index (κ2) is 6.01. The molecule has 0 aliphatic carbocycles. The van der Waals surface area contributed by atoms with Gasteiger partial charge in [-0.25, -0.2) is 0 Å². The Balaban J connectivity index is 2.38. The monoisotopic (exact) mass is 225 g/mol. The molecule has 0 amide bonds. The number of H-pyrrole nitrogens is 1. The van der Waals surface area contributed by atoms with Gasteiger partial charge in [-0.2, -0.15) is 5.10 Å². The molecule has 0 fully saturated rings. The minimum absolute atomic E-state index is 0.225. The summed E-state index contributed by atoms with van der Waals surface area (Å²) in [5.74, 6) is 0. The Morgan fingerprint density at radius 1 is 1.44 bits per heavy atom. The Labute approximate surface area is 97.8 Å². The summed E-state index contributed by atoms with van der Waals surface area (Å²) < 4.78 is 5.28. The Morgan fingerprint density at radius 3 is 2.62 bits per heavy atom. The lowest BCUT2D eigenvalue weighted by Crippen LogP contribution is -2.42. The molecule has 0 aromatic carbocycles. The second-order valence-corrected chi connectivity index (χ2v) is 4.54. The molecular formula is C12H23N3O. The van der Waals surface area contributed by atoms with Gasteiger partial charge in [0, 0.05) is 31.3 Å². The van der Waals surface area contributed by atoms with Crippen molar-refractivity contribution in [3.8, 4) is 0 Å². The van der Waals surface area contributed by atoms with Gasteiger partial charge in [0.05, 0.1) is 11.8 Å². The summed E-state index contributed by atoms with van der Waals surface area (Å²) in [5.41, 5.74) is 2.22. The van der Waals surface area contributed by atoms with Crippen LogP contribution in [-0.4, -0.2) is 35.5 Å². The van der Waals surface area contributed by atoms with Crippen LogP contribution in [0.3, 0.4) is 0 Å². The first-order valence-corrected chi connectivity index (χ1v) is 5.82. The van der Waals surface area contributed by atoms with E-state index in [9.17, 15) is 0 Å². The van der Waals surface area contributed by atoms with E-state index in [2.05, 4.69) is 42.4 Å². The van der Waals surface area contributed by atoms with Gasteiger partial charge in [-0.15, -0.1) is 0 Å². The van der Waals surface area contributed by atoms with Gasteiger partial charge >= 0.3 is 0 Å². The molecule has 3 unspecified atom stereocenters. The zero-order chi connectivity index (χ0) is 12.1. The molecule has 4 nitrogen and oxygen atoms in total. The molecular weight excluding hydrogens is 202 g/mol. The van der Waals surface area contributed by atoms with Crippen LogP contribution in [0, 0.1) is 6.92 Å². The minimum Gasteiger partial charge on any atom is -0.380 e. The number of hydrogen-bond acceptors (Lipinski definition) is 3. The number of nitrogens with zero attached hydrogens (tertiary/aromatic N) is 1. The summed E-state index contributed by atoms with van der Waals surface area (Å²) in [4.78, 5) is 0. The largest absolute Gasteiger partial charge is 0.380 e. The van der Waals surface area contributed by atoms with E-state index in [1.54, 1.807) is 7.11 Å². The number of hydrogen-bond donors (Lipinski definition) is 2. The molecule has 1 rings (SSSR count). The molecule has 0 aliphatic rings. The summed E-state index contributed by atoms with van der Waals surface area (Å²) >= 11 is 0. The molecule has 0 saturated carbocycles. The van der Waals surface area contributed by atoms with Crippen molar-refractivity contribution in [2.24, 2.45) is 0 Å². The fraction of sp³-hybridized carbons (Fsp3) is 0.750. The lowest BCUT2D eigenvalue weighted by molar-refractivity contribution is 0.0851. The summed E-state index contributed by atoms with van der Waals surface area (Å²) in [7, 11) is 1.74. The summed E-state index contributed by atoms with van der Waals surface area (Å²) in [6.45, 7) is 8.40. The predicted molar refractivity (Wildman–Crippen MR) is 65.6 cm³/mol. The van der Waals surface area contributed by atoms with Crippen molar-refractivity contribution >= 4 is 0 Å². The van der Waals surface area contributed by atoms with Gasteiger partial charge in [0.25, 0.3) is 0 Å². The van der Waals surface area contributed by atoms with Crippen molar-refractivity contribution in [1.29, 1.82) is 0 Å². The van der Waals surface area contributed by atoms with Crippen molar-refractivity contribution in [1.82, 2.24) is 15.5 Å². The maximum Gasteiger partial charge on any atom is 0.0693 e. The molecule has 4 heteroatoms. The van der Waals surface area contributed by atoms with Crippen LogP contribution in [-0.2, 0) is 11.2 Å². The molecule has 0 spiro atoms. The molecule has 0 radical (unpaired) electrons. The number of rotatable bonds is 6. The zero-order valence-electron chi connectivity index (χ0n) is 10.9. The lowest BCUT2D eigenvalue weighted by Gasteiger charge is -2.23. The van der Waals surface area contributed by atoms with E-state index in [-0.39, 0.29) is 6.10 Å². The Hall–Kier alpha value is -0.870. The third-order valence-corrected chi connectivity index (χ3v) is 2.90. The number of aromatic nitrogens is 2. The van der Waals surface area contributed by atoms with Gasteiger partial charge in [-0.1, -0.05) is 0 Å². The SMILES string of the molecule is COC(C)C(C)NC(C)Cc1cc(C)[nH]n1. The number of ether oxygens (including phenoxy) is 1. The van der Waals surface area contributed by atoms with Crippen molar-refractivity contribution < 1.29 is 4.74 Å². The molecule has 1 aromatic rings. The quantitative estimate of drug-likeness (QED) is 0.774. The van der Waals surface area contributed by atoms with Crippen LogP contribution < -0.4 is 5.32 Å². The fourth-order valence-electron chi connectivity index (χ4n) is 1.74. The first-order chi connectivity index (χ1) is 7.52. The highest BCUT2D eigenvalue weighted by molar-refractivity contribution is 5.07. The summed E-state index contributed by atoms with van der Waals surface area (Å²) in [5, 5.41) is 10.7. The molecule has 1 heterocycles.